The first-order valence-electron chi connectivity index (χ1n) is 9.86. The highest BCUT2D eigenvalue weighted by molar-refractivity contribution is 7.11. The van der Waals surface area contributed by atoms with Crippen molar-refractivity contribution in [2.75, 3.05) is 20.1 Å². The highest BCUT2D eigenvalue weighted by Gasteiger charge is 2.45. The Bertz CT molecular complexity index is 1010. The van der Waals surface area contributed by atoms with Crippen LogP contribution in [-0.2, 0) is 17.8 Å². The quantitative estimate of drug-likeness (QED) is 0.672. The Kier molecular flexibility index (Phi) is 5.52. The highest BCUT2D eigenvalue weighted by atomic mass is 32.1. The first-order valence-corrected chi connectivity index (χ1v) is 10.7. The number of amides is 1. The molecule has 1 N–H and O–H groups in total. The number of nitrogens with zero attached hydrogens (tertiary/aromatic N) is 3. The van der Waals surface area contributed by atoms with Crippen molar-refractivity contribution in [2.24, 2.45) is 5.41 Å². The van der Waals surface area contributed by atoms with Gasteiger partial charge in [-0.3, -0.25) is 9.69 Å². The Hall–Kier alpha value is -2.51. The van der Waals surface area contributed by atoms with Crippen molar-refractivity contribution in [2.45, 2.75) is 33.2 Å². The van der Waals surface area contributed by atoms with Gasteiger partial charge in [-0.2, -0.15) is 0 Å². The molecule has 3 heterocycles. The molecule has 7 heteroatoms. The number of nitrogens with one attached hydrogen (secondary N) is 1. The summed E-state index contributed by atoms with van der Waals surface area (Å²) >= 11 is 1.71. The van der Waals surface area contributed by atoms with Crippen LogP contribution >= 0.6 is 11.3 Å². The summed E-state index contributed by atoms with van der Waals surface area (Å²) in [6.45, 7) is 6.48. The van der Waals surface area contributed by atoms with E-state index in [9.17, 15) is 4.79 Å². The summed E-state index contributed by atoms with van der Waals surface area (Å²) in [5.74, 6) is 0.816. The van der Waals surface area contributed by atoms with Crippen molar-refractivity contribution < 1.29 is 9.32 Å². The molecular formula is C22H26N4O2S. The highest BCUT2D eigenvalue weighted by Crippen LogP contribution is 2.36. The van der Waals surface area contributed by atoms with E-state index < -0.39 is 5.41 Å². The predicted octanol–water partition coefficient (Wildman–Crippen LogP) is 3.60. The van der Waals surface area contributed by atoms with E-state index in [2.05, 4.69) is 33.3 Å². The Balaban J connectivity index is 1.52. The normalized spacial score (nSPS) is 19.6. The molecule has 1 fully saturated rings. The average molecular weight is 411 g/mol. The van der Waals surface area contributed by atoms with Crippen LogP contribution in [0.3, 0.4) is 0 Å². The molecule has 4 rings (SSSR count). The number of hydrogen-bond acceptors (Lipinski definition) is 6. The third-order valence-electron chi connectivity index (χ3n) is 5.68. The van der Waals surface area contributed by atoms with Gasteiger partial charge in [0, 0.05) is 49.3 Å². The van der Waals surface area contributed by atoms with Gasteiger partial charge >= 0.3 is 0 Å². The maximum atomic E-state index is 12.9. The fraction of sp³-hybridized carbons (Fsp3) is 0.409. The number of thiazole rings is 1. The Labute approximate surface area is 174 Å². The molecule has 0 spiro atoms. The second-order valence-electron chi connectivity index (χ2n) is 7.84. The van der Waals surface area contributed by atoms with Crippen molar-refractivity contribution in [1.29, 1.82) is 0 Å². The van der Waals surface area contributed by atoms with Gasteiger partial charge < -0.3 is 9.84 Å². The van der Waals surface area contributed by atoms with Crippen molar-refractivity contribution in [3.63, 3.8) is 0 Å². The fourth-order valence-electron chi connectivity index (χ4n) is 4.18. The number of carbonyl (C=O) groups is 1. The number of rotatable bonds is 6. The second-order valence-corrected chi connectivity index (χ2v) is 9.16. The summed E-state index contributed by atoms with van der Waals surface area (Å²) in [6, 6.07) is 10.1. The molecule has 3 aromatic rings. The van der Waals surface area contributed by atoms with Gasteiger partial charge in [-0.15, -0.1) is 11.3 Å². The van der Waals surface area contributed by atoms with Crippen molar-refractivity contribution in [1.82, 2.24) is 20.4 Å². The van der Waals surface area contributed by atoms with E-state index in [0.717, 1.165) is 47.1 Å². The summed E-state index contributed by atoms with van der Waals surface area (Å²) in [7, 11) is 1.71. The fourth-order valence-corrected chi connectivity index (χ4v) is 5.02. The van der Waals surface area contributed by atoms with E-state index in [1.165, 1.54) is 4.88 Å². The largest absolute Gasteiger partial charge is 0.361 e. The first-order chi connectivity index (χ1) is 14.0. The van der Waals surface area contributed by atoms with E-state index in [-0.39, 0.29) is 5.91 Å². The molecule has 1 aliphatic heterocycles. The van der Waals surface area contributed by atoms with Gasteiger partial charge in [-0.1, -0.05) is 29.4 Å². The summed E-state index contributed by atoms with van der Waals surface area (Å²) in [5, 5.41) is 8.21. The zero-order valence-electron chi connectivity index (χ0n) is 17.1. The minimum absolute atomic E-state index is 0.0642. The molecule has 0 aliphatic carbocycles. The first kappa shape index (κ1) is 19.8. The lowest BCUT2D eigenvalue weighted by Crippen LogP contribution is -2.43. The molecule has 6 nitrogen and oxygen atoms in total. The molecule has 1 atom stereocenters. The standard InChI is InChI=1S/C22H26N4O2S/c1-15-6-4-5-7-19(15)20-10-17(28-25-20)11-22(21(27)23-3)8-9-26(14-22)13-18-12-24-16(2)29-18/h4-7,10,12H,8-9,11,13-14H2,1-3H3,(H,23,27)/t22-/m0/s1. The molecule has 1 amide bonds. The van der Waals surface area contributed by atoms with E-state index in [1.807, 2.05) is 37.4 Å². The molecule has 1 aromatic carbocycles. The van der Waals surface area contributed by atoms with Crippen LogP contribution in [0.4, 0.5) is 0 Å². The van der Waals surface area contributed by atoms with Crippen LogP contribution in [0.25, 0.3) is 11.3 Å². The minimum Gasteiger partial charge on any atom is -0.361 e. The molecule has 0 unspecified atom stereocenters. The molecular weight excluding hydrogens is 384 g/mol. The average Bonchev–Trinajstić information content (AvgIpc) is 3.44. The van der Waals surface area contributed by atoms with Gasteiger partial charge in [0.2, 0.25) is 5.91 Å². The Morgan fingerprint density at radius 1 is 1.34 bits per heavy atom. The number of likely N-dealkylation sites (tertiary alicyclic amines) is 1. The molecule has 152 valence electrons. The van der Waals surface area contributed by atoms with Crippen LogP contribution in [0.1, 0.15) is 27.6 Å². The molecule has 1 saturated heterocycles. The number of carbonyl (C=O) groups excluding carboxylic acids is 1. The Morgan fingerprint density at radius 2 is 2.17 bits per heavy atom. The van der Waals surface area contributed by atoms with Gasteiger partial charge in [0.15, 0.2) is 0 Å². The smallest absolute Gasteiger partial charge is 0.227 e. The predicted molar refractivity (Wildman–Crippen MR) is 114 cm³/mol. The maximum Gasteiger partial charge on any atom is 0.227 e. The molecule has 0 bridgehead atoms. The number of hydrogen-bond donors (Lipinski definition) is 1. The lowest BCUT2D eigenvalue weighted by molar-refractivity contribution is -0.130. The summed E-state index contributed by atoms with van der Waals surface area (Å²) in [6.07, 6.45) is 3.28. The van der Waals surface area contributed by atoms with Crippen LogP contribution < -0.4 is 5.32 Å². The maximum absolute atomic E-state index is 12.9. The van der Waals surface area contributed by atoms with Crippen LogP contribution in [-0.4, -0.2) is 41.1 Å². The summed E-state index contributed by atoms with van der Waals surface area (Å²) in [5.41, 5.74) is 2.53. The third-order valence-corrected chi connectivity index (χ3v) is 6.58. The zero-order valence-corrected chi connectivity index (χ0v) is 17.9. The molecule has 1 aliphatic rings. The van der Waals surface area contributed by atoms with Crippen LogP contribution in [0.2, 0.25) is 0 Å². The second kappa shape index (κ2) is 8.08. The number of benzene rings is 1. The SMILES string of the molecule is CNC(=O)[C@]1(Cc2cc(-c3ccccc3C)no2)CCN(Cc2cnc(C)s2)C1. The van der Waals surface area contributed by atoms with Gasteiger partial charge in [0.05, 0.1) is 10.4 Å². The molecule has 29 heavy (non-hydrogen) atoms. The van der Waals surface area contributed by atoms with E-state index >= 15 is 0 Å². The van der Waals surface area contributed by atoms with Gasteiger partial charge in [0.25, 0.3) is 0 Å². The Morgan fingerprint density at radius 3 is 2.90 bits per heavy atom. The lowest BCUT2D eigenvalue weighted by Gasteiger charge is -2.26. The summed E-state index contributed by atoms with van der Waals surface area (Å²) < 4.78 is 5.66. The van der Waals surface area contributed by atoms with Gasteiger partial charge in [-0.05, 0) is 32.4 Å². The van der Waals surface area contributed by atoms with Crippen LogP contribution in [0.15, 0.2) is 41.1 Å². The van der Waals surface area contributed by atoms with E-state index in [1.54, 1.807) is 18.4 Å². The lowest BCUT2D eigenvalue weighted by atomic mass is 9.81. The van der Waals surface area contributed by atoms with E-state index in [4.69, 9.17) is 4.52 Å². The minimum atomic E-state index is -0.503. The van der Waals surface area contributed by atoms with Crippen molar-refractivity contribution >= 4 is 17.2 Å². The van der Waals surface area contributed by atoms with Gasteiger partial charge in [-0.25, -0.2) is 4.98 Å². The summed E-state index contributed by atoms with van der Waals surface area (Å²) in [4.78, 5) is 20.8. The molecule has 0 saturated carbocycles. The molecule has 0 radical (unpaired) electrons. The van der Waals surface area contributed by atoms with Gasteiger partial charge in [0.1, 0.15) is 11.5 Å². The topological polar surface area (TPSA) is 71.3 Å². The number of aryl methyl sites for hydroxylation is 2. The van der Waals surface area contributed by atoms with Crippen LogP contribution in [0.5, 0.6) is 0 Å². The zero-order chi connectivity index (χ0) is 20.4. The number of aromatic nitrogens is 2. The van der Waals surface area contributed by atoms with Crippen molar-refractivity contribution in [3.8, 4) is 11.3 Å². The monoisotopic (exact) mass is 410 g/mol. The molecule has 2 aromatic heterocycles. The third kappa shape index (κ3) is 4.11. The van der Waals surface area contributed by atoms with Crippen molar-refractivity contribution in [3.05, 3.63) is 57.7 Å². The van der Waals surface area contributed by atoms with Crippen LogP contribution in [0, 0.1) is 19.3 Å². The van der Waals surface area contributed by atoms with E-state index in [0.29, 0.717) is 13.0 Å².